The molecule has 172 valence electrons. The number of carboxylic acid groups (broad SMARTS) is 1. The summed E-state index contributed by atoms with van der Waals surface area (Å²) < 4.78 is 37.9. The van der Waals surface area contributed by atoms with Gasteiger partial charge < -0.3 is 19.9 Å². The van der Waals surface area contributed by atoms with Crippen molar-refractivity contribution in [2.75, 3.05) is 23.8 Å². The lowest BCUT2D eigenvalue weighted by atomic mass is 10.2. The fraction of sp³-hybridized carbons (Fsp3) is 0.0909. The quantitative estimate of drug-likeness (QED) is 0.415. The van der Waals surface area contributed by atoms with Crippen LogP contribution in [0.25, 0.3) is 0 Å². The van der Waals surface area contributed by atoms with Crippen molar-refractivity contribution < 1.29 is 32.6 Å². The molecule has 0 fully saturated rings. The number of carbonyl (C=O) groups excluding carboxylic acids is 1. The lowest BCUT2D eigenvalue weighted by molar-refractivity contribution is -0.139. The second-order valence-electron chi connectivity index (χ2n) is 6.61. The number of rotatable bonds is 9. The Labute approximate surface area is 195 Å². The number of hydrogen-bond acceptors (Lipinski definition) is 6. The van der Waals surface area contributed by atoms with Gasteiger partial charge in [-0.25, -0.2) is 13.2 Å². The number of amides is 1. The maximum absolute atomic E-state index is 12.7. The maximum atomic E-state index is 12.7. The molecular formula is C22H19ClN2O7S. The number of sulfonamides is 1. The first kappa shape index (κ1) is 23.9. The molecule has 33 heavy (non-hydrogen) atoms. The van der Waals surface area contributed by atoms with E-state index in [4.69, 9.17) is 26.2 Å². The van der Waals surface area contributed by atoms with E-state index in [-0.39, 0.29) is 21.4 Å². The predicted molar refractivity (Wildman–Crippen MR) is 123 cm³/mol. The van der Waals surface area contributed by atoms with Crippen LogP contribution in [0.4, 0.5) is 11.4 Å². The second-order valence-corrected chi connectivity index (χ2v) is 8.70. The highest BCUT2D eigenvalue weighted by Crippen LogP contribution is 2.28. The number of carboxylic acids is 1. The molecule has 9 nitrogen and oxygen atoms in total. The van der Waals surface area contributed by atoms with Gasteiger partial charge in [0.15, 0.2) is 6.61 Å². The summed E-state index contributed by atoms with van der Waals surface area (Å²) in [5.74, 6) is -1.03. The molecule has 0 radical (unpaired) electrons. The van der Waals surface area contributed by atoms with E-state index >= 15 is 0 Å². The molecule has 3 rings (SSSR count). The molecule has 11 heteroatoms. The summed E-state index contributed by atoms with van der Waals surface area (Å²) in [5.41, 5.74) is 1.04. The van der Waals surface area contributed by atoms with Crippen LogP contribution in [0, 0.1) is 0 Å². The van der Waals surface area contributed by atoms with Gasteiger partial charge in [-0.05, 0) is 54.6 Å². The van der Waals surface area contributed by atoms with Gasteiger partial charge in [0.05, 0.1) is 22.7 Å². The van der Waals surface area contributed by atoms with Crippen molar-refractivity contribution in [3.63, 3.8) is 0 Å². The molecule has 0 aliphatic heterocycles. The highest BCUT2D eigenvalue weighted by molar-refractivity contribution is 7.92. The zero-order chi connectivity index (χ0) is 24.0. The maximum Gasteiger partial charge on any atom is 0.341 e. The molecule has 0 aliphatic carbocycles. The Morgan fingerprint density at radius 3 is 2.33 bits per heavy atom. The summed E-state index contributed by atoms with van der Waals surface area (Å²) in [7, 11) is -2.50. The van der Waals surface area contributed by atoms with Gasteiger partial charge in [0.1, 0.15) is 11.5 Å². The summed E-state index contributed by atoms with van der Waals surface area (Å²) >= 11 is 6.00. The Morgan fingerprint density at radius 1 is 1.00 bits per heavy atom. The number of carbonyl (C=O) groups is 2. The first-order valence-corrected chi connectivity index (χ1v) is 11.3. The van der Waals surface area contributed by atoms with Crippen LogP contribution >= 0.6 is 11.6 Å². The average molecular weight is 491 g/mol. The van der Waals surface area contributed by atoms with Gasteiger partial charge in [-0.2, -0.15) is 0 Å². The van der Waals surface area contributed by atoms with Crippen LogP contribution in [-0.4, -0.2) is 39.1 Å². The van der Waals surface area contributed by atoms with E-state index in [1.807, 2.05) is 0 Å². The number of nitrogens with one attached hydrogen (secondary N) is 2. The van der Waals surface area contributed by atoms with E-state index in [1.165, 1.54) is 43.5 Å². The number of benzene rings is 3. The molecule has 1 amide bonds. The summed E-state index contributed by atoms with van der Waals surface area (Å²) in [5, 5.41) is 11.3. The molecule has 0 saturated carbocycles. The zero-order valence-corrected chi connectivity index (χ0v) is 18.8. The van der Waals surface area contributed by atoms with Gasteiger partial charge >= 0.3 is 5.97 Å². The molecule has 3 aromatic carbocycles. The fourth-order valence-electron chi connectivity index (χ4n) is 2.75. The molecule has 0 atom stereocenters. The molecule has 0 aliphatic rings. The summed E-state index contributed by atoms with van der Waals surface area (Å²) in [6.07, 6.45) is 0. The topological polar surface area (TPSA) is 131 Å². The SMILES string of the molecule is COc1ccccc1NC(=O)c1ccc(NS(=O)(=O)c2ccc(OCC(=O)O)c(Cl)c2)cc1. The third kappa shape index (κ3) is 6.15. The standard InChI is InChI=1S/C22H19ClN2O7S/c1-31-20-5-3-2-4-18(20)24-22(28)14-6-8-15(9-7-14)25-33(29,30)16-10-11-19(17(23)12-16)32-13-21(26)27/h2-12,25H,13H2,1H3,(H,24,28)(H,26,27). The Balaban J connectivity index is 1.70. The normalized spacial score (nSPS) is 10.8. The number of anilines is 2. The fourth-order valence-corrected chi connectivity index (χ4v) is 4.14. The summed E-state index contributed by atoms with van der Waals surface area (Å²) in [6.45, 7) is -0.610. The minimum Gasteiger partial charge on any atom is -0.495 e. The number of aliphatic carboxylic acids is 1. The van der Waals surface area contributed by atoms with E-state index in [9.17, 15) is 18.0 Å². The van der Waals surface area contributed by atoms with Gasteiger partial charge in [-0.15, -0.1) is 0 Å². The molecule has 0 saturated heterocycles. The monoisotopic (exact) mass is 490 g/mol. The van der Waals surface area contributed by atoms with E-state index in [2.05, 4.69) is 10.0 Å². The van der Waals surface area contributed by atoms with Crippen molar-refractivity contribution in [1.82, 2.24) is 0 Å². The van der Waals surface area contributed by atoms with Gasteiger partial charge in [-0.1, -0.05) is 23.7 Å². The van der Waals surface area contributed by atoms with Crippen LogP contribution in [0.15, 0.2) is 71.6 Å². The Hall–Kier alpha value is -3.76. The smallest absolute Gasteiger partial charge is 0.341 e. The lowest BCUT2D eigenvalue weighted by Gasteiger charge is -2.12. The van der Waals surface area contributed by atoms with Gasteiger partial charge in [0.25, 0.3) is 15.9 Å². The molecule has 3 N–H and O–H groups in total. The molecule has 0 aromatic heterocycles. The minimum atomic E-state index is -4.00. The third-order valence-electron chi connectivity index (χ3n) is 4.32. The van der Waals surface area contributed by atoms with Crippen LogP contribution in [0.3, 0.4) is 0 Å². The number of ether oxygens (including phenoxy) is 2. The Morgan fingerprint density at radius 2 is 1.70 bits per heavy atom. The average Bonchev–Trinajstić information content (AvgIpc) is 2.78. The number of hydrogen-bond donors (Lipinski definition) is 3. The van der Waals surface area contributed by atoms with Gasteiger partial charge in [0, 0.05) is 11.3 Å². The highest BCUT2D eigenvalue weighted by Gasteiger charge is 2.17. The van der Waals surface area contributed by atoms with Gasteiger partial charge in [-0.3, -0.25) is 9.52 Å². The van der Waals surface area contributed by atoms with Gasteiger partial charge in [0.2, 0.25) is 0 Å². The van der Waals surface area contributed by atoms with Crippen molar-refractivity contribution in [3.05, 3.63) is 77.3 Å². The Kier molecular flexibility index (Phi) is 7.41. The van der Waals surface area contributed by atoms with Crippen molar-refractivity contribution in [2.45, 2.75) is 4.90 Å². The number of halogens is 1. The van der Waals surface area contributed by atoms with E-state index < -0.39 is 28.5 Å². The summed E-state index contributed by atoms with van der Waals surface area (Å²) in [6, 6.07) is 16.4. The summed E-state index contributed by atoms with van der Waals surface area (Å²) in [4.78, 5) is 22.9. The second kappa shape index (κ2) is 10.2. The van der Waals surface area contributed by atoms with Crippen LogP contribution < -0.4 is 19.5 Å². The third-order valence-corrected chi connectivity index (χ3v) is 5.99. The molecule has 3 aromatic rings. The highest BCUT2D eigenvalue weighted by atomic mass is 35.5. The molecular weight excluding hydrogens is 472 g/mol. The van der Waals surface area contributed by atoms with Crippen LogP contribution in [0.2, 0.25) is 5.02 Å². The van der Waals surface area contributed by atoms with Crippen LogP contribution in [0.5, 0.6) is 11.5 Å². The van der Waals surface area contributed by atoms with Crippen LogP contribution in [0.1, 0.15) is 10.4 Å². The minimum absolute atomic E-state index is 0.0448. The van der Waals surface area contributed by atoms with Crippen LogP contribution in [-0.2, 0) is 14.8 Å². The van der Waals surface area contributed by atoms with E-state index in [0.29, 0.717) is 17.0 Å². The number of para-hydroxylation sites is 2. The van der Waals surface area contributed by atoms with Crippen molar-refractivity contribution in [3.8, 4) is 11.5 Å². The van der Waals surface area contributed by atoms with Crippen molar-refractivity contribution >= 4 is 44.9 Å². The van der Waals surface area contributed by atoms with E-state index in [1.54, 1.807) is 24.3 Å². The first-order valence-electron chi connectivity index (χ1n) is 9.41. The number of methoxy groups -OCH3 is 1. The molecule has 0 unspecified atom stereocenters. The lowest BCUT2D eigenvalue weighted by Crippen LogP contribution is -2.15. The van der Waals surface area contributed by atoms with Crippen molar-refractivity contribution in [1.29, 1.82) is 0 Å². The molecule has 0 heterocycles. The van der Waals surface area contributed by atoms with E-state index in [0.717, 1.165) is 6.07 Å². The Bertz CT molecular complexity index is 1280. The first-order chi connectivity index (χ1) is 15.7. The van der Waals surface area contributed by atoms with Crippen molar-refractivity contribution in [2.24, 2.45) is 0 Å². The largest absolute Gasteiger partial charge is 0.495 e. The molecule has 0 spiro atoms. The predicted octanol–water partition coefficient (Wildman–Crippen LogP) is 3.87. The zero-order valence-electron chi connectivity index (χ0n) is 17.2. The molecule has 0 bridgehead atoms.